The van der Waals surface area contributed by atoms with Crippen LogP contribution >= 0.6 is 15.9 Å². The summed E-state index contributed by atoms with van der Waals surface area (Å²) in [5, 5.41) is 5.92. The maximum atomic E-state index is 13.1. The highest BCUT2D eigenvalue weighted by molar-refractivity contribution is 9.10. The first-order chi connectivity index (χ1) is 14.3. The Balaban J connectivity index is 1.76. The number of hydrogen-bond acceptors (Lipinski definition) is 5. The second-order valence-corrected chi connectivity index (χ2v) is 10.0. The zero-order chi connectivity index (χ0) is 21.7. The number of anilines is 2. The van der Waals surface area contributed by atoms with Crippen molar-refractivity contribution in [2.75, 3.05) is 30.8 Å². The minimum absolute atomic E-state index is 0.109. The third-order valence-electron chi connectivity index (χ3n) is 4.98. The van der Waals surface area contributed by atoms with Crippen molar-refractivity contribution in [1.82, 2.24) is 4.31 Å². The van der Waals surface area contributed by atoms with E-state index in [4.69, 9.17) is 4.74 Å². The number of nitrogens with zero attached hydrogens (tertiary/aromatic N) is 1. The summed E-state index contributed by atoms with van der Waals surface area (Å²) in [6.07, 6.45) is 2.75. The summed E-state index contributed by atoms with van der Waals surface area (Å²) in [5.74, 6) is 0.0617. The molecule has 1 atom stereocenters. The van der Waals surface area contributed by atoms with Gasteiger partial charge in [-0.05, 0) is 62.2 Å². The average Bonchev–Trinajstić information content (AvgIpc) is 2.75. The van der Waals surface area contributed by atoms with Crippen LogP contribution < -0.4 is 15.4 Å². The number of carbonyl (C=O) groups excluding carboxylic acids is 1. The Morgan fingerprint density at radius 2 is 1.70 bits per heavy atom. The van der Waals surface area contributed by atoms with Gasteiger partial charge in [0.05, 0.1) is 7.11 Å². The number of halogens is 1. The average molecular weight is 496 g/mol. The summed E-state index contributed by atoms with van der Waals surface area (Å²) >= 11 is 3.36. The Morgan fingerprint density at radius 3 is 2.33 bits per heavy atom. The van der Waals surface area contributed by atoms with Gasteiger partial charge in [-0.3, -0.25) is 4.79 Å². The van der Waals surface area contributed by atoms with Crippen LogP contribution in [0.3, 0.4) is 0 Å². The molecule has 9 heteroatoms. The van der Waals surface area contributed by atoms with Crippen LogP contribution in [0.4, 0.5) is 11.4 Å². The van der Waals surface area contributed by atoms with E-state index < -0.39 is 16.1 Å². The minimum atomic E-state index is -3.67. The van der Waals surface area contributed by atoms with E-state index in [9.17, 15) is 13.2 Å². The lowest BCUT2D eigenvalue weighted by atomic mass is 10.2. The number of hydrogen-bond donors (Lipinski definition) is 2. The van der Waals surface area contributed by atoms with Gasteiger partial charge < -0.3 is 15.4 Å². The molecular weight excluding hydrogens is 470 g/mol. The van der Waals surface area contributed by atoms with Crippen molar-refractivity contribution in [2.45, 2.75) is 37.1 Å². The summed E-state index contributed by atoms with van der Waals surface area (Å²) in [6.45, 7) is 2.74. The van der Waals surface area contributed by atoms with Crippen LogP contribution in [-0.4, -0.2) is 44.9 Å². The Kier molecular flexibility index (Phi) is 7.38. The number of amides is 1. The fourth-order valence-corrected chi connectivity index (χ4v) is 5.27. The molecule has 1 aliphatic heterocycles. The number of rotatable bonds is 7. The van der Waals surface area contributed by atoms with Crippen LogP contribution in [0.25, 0.3) is 0 Å². The normalized spacial score (nSPS) is 16.0. The lowest BCUT2D eigenvalue weighted by Crippen LogP contribution is -2.36. The van der Waals surface area contributed by atoms with Crippen LogP contribution in [0.5, 0.6) is 5.75 Å². The number of benzene rings is 2. The van der Waals surface area contributed by atoms with E-state index in [1.54, 1.807) is 31.2 Å². The number of methoxy groups -OCH3 is 1. The Morgan fingerprint density at radius 1 is 1.07 bits per heavy atom. The lowest BCUT2D eigenvalue weighted by Gasteiger charge is -2.27. The van der Waals surface area contributed by atoms with E-state index in [0.29, 0.717) is 24.5 Å². The van der Waals surface area contributed by atoms with Gasteiger partial charge in [0.2, 0.25) is 15.9 Å². The topological polar surface area (TPSA) is 87.7 Å². The number of carbonyl (C=O) groups is 1. The maximum Gasteiger partial charge on any atom is 0.246 e. The molecule has 2 aromatic carbocycles. The summed E-state index contributed by atoms with van der Waals surface area (Å²) in [7, 11) is -2.22. The largest absolute Gasteiger partial charge is 0.495 e. The highest BCUT2D eigenvalue weighted by Gasteiger charge is 2.29. The van der Waals surface area contributed by atoms with Crippen molar-refractivity contribution in [2.24, 2.45) is 0 Å². The fourth-order valence-electron chi connectivity index (χ4n) is 3.31. The van der Waals surface area contributed by atoms with Gasteiger partial charge >= 0.3 is 0 Å². The van der Waals surface area contributed by atoms with E-state index in [0.717, 1.165) is 23.7 Å². The van der Waals surface area contributed by atoms with Crippen molar-refractivity contribution < 1.29 is 17.9 Å². The van der Waals surface area contributed by atoms with Crippen LogP contribution in [0.15, 0.2) is 51.8 Å². The fraction of sp³-hybridized carbons (Fsp3) is 0.381. The molecule has 0 spiro atoms. The van der Waals surface area contributed by atoms with E-state index in [1.165, 1.54) is 17.5 Å². The third kappa shape index (κ3) is 5.33. The molecule has 30 heavy (non-hydrogen) atoms. The molecule has 0 bridgehead atoms. The molecule has 0 saturated carbocycles. The Bertz CT molecular complexity index is 990. The first kappa shape index (κ1) is 22.6. The maximum absolute atomic E-state index is 13.1. The van der Waals surface area contributed by atoms with Crippen LogP contribution in [-0.2, 0) is 14.8 Å². The zero-order valence-corrected chi connectivity index (χ0v) is 19.4. The SMILES string of the molecule is COc1ccc(N[C@@H](C)C(=O)Nc2ccc(Br)cc2)cc1S(=O)(=O)N1CCCCC1. The van der Waals surface area contributed by atoms with Crippen molar-refractivity contribution in [3.8, 4) is 5.75 Å². The molecule has 3 rings (SSSR count). The van der Waals surface area contributed by atoms with Crippen LogP contribution in [0, 0.1) is 0 Å². The molecule has 1 aliphatic rings. The van der Waals surface area contributed by atoms with Gasteiger partial charge in [0.25, 0.3) is 0 Å². The first-order valence-electron chi connectivity index (χ1n) is 9.82. The van der Waals surface area contributed by atoms with Crippen molar-refractivity contribution >= 4 is 43.2 Å². The van der Waals surface area contributed by atoms with Gasteiger partial charge in [-0.1, -0.05) is 22.4 Å². The number of nitrogens with one attached hydrogen (secondary N) is 2. The molecule has 1 saturated heterocycles. The predicted octanol–water partition coefficient (Wildman–Crippen LogP) is 4.07. The summed E-state index contributed by atoms with van der Waals surface area (Å²) in [5.41, 5.74) is 1.21. The molecule has 1 heterocycles. The standard InChI is InChI=1S/C21H26BrN3O4S/c1-15(21(26)24-17-8-6-16(22)7-9-17)23-18-10-11-19(29-2)20(14-18)30(27,28)25-12-4-3-5-13-25/h6-11,14-15,23H,3-5,12-13H2,1-2H3,(H,24,26)/t15-/m0/s1. The van der Waals surface area contributed by atoms with Crippen molar-refractivity contribution in [1.29, 1.82) is 0 Å². The summed E-state index contributed by atoms with van der Waals surface area (Å²) in [6, 6.07) is 11.6. The number of ether oxygens (including phenoxy) is 1. The van der Waals surface area contributed by atoms with Crippen LogP contribution in [0.1, 0.15) is 26.2 Å². The smallest absolute Gasteiger partial charge is 0.246 e. The quantitative estimate of drug-likeness (QED) is 0.604. The summed E-state index contributed by atoms with van der Waals surface area (Å²) < 4.78 is 34.0. The minimum Gasteiger partial charge on any atom is -0.495 e. The van der Waals surface area contributed by atoms with Gasteiger partial charge in [0.1, 0.15) is 16.7 Å². The summed E-state index contributed by atoms with van der Waals surface area (Å²) in [4.78, 5) is 12.6. The first-order valence-corrected chi connectivity index (χ1v) is 12.1. The molecule has 2 N–H and O–H groups in total. The van der Waals surface area contributed by atoms with Gasteiger partial charge in [0, 0.05) is 28.9 Å². The van der Waals surface area contributed by atoms with Gasteiger partial charge in [-0.2, -0.15) is 4.31 Å². The third-order valence-corrected chi connectivity index (χ3v) is 7.43. The number of sulfonamides is 1. The van der Waals surface area contributed by atoms with E-state index in [2.05, 4.69) is 26.6 Å². The molecule has 1 fully saturated rings. The molecule has 7 nitrogen and oxygen atoms in total. The van der Waals surface area contributed by atoms with Gasteiger partial charge in [-0.15, -0.1) is 0 Å². The lowest BCUT2D eigenvalue weighted by molar-refractivity contribution is -0.116. The highest BCUT2D eigenvalue weighted by atomic mass is 79.9. The molecular formula is C21H26BrN3O4S. The Labute approximate surface area is 186 Å². The number of piperidine rings is 1. The van der Waals surface area contributed by atoms with Crippen LogP contribution in [0.2, 0.25) is 0 Å². The second kappa shape index (κ2) is 9.80. The zero-order valence-electron chi connectivity index (χ0n) is 17.0. The molecule has 0 unspecified atom stereocenters. The van der Waals surface area contributed by atoms with E-state index in [1.807, 2.05) is 12.1 Å². The highest BCUT2D eigenvalue weighted by Crippen LogP contribution is 2.31. The molecule has 0 radical (unpaired) electrons. The van der Waals surface area contributed by atoms with E-state index >= 15 is 0 Å². The molecule has 1 amide bonds. The molecule has 0 aliphatic carbocycles. The molecule has 2 aromatic rings. The van der Waals surface area contributed by atoms with Crippen molar-refractivity contribution in [3.63, 3.8) is 0 Å². The monoisotopic (exact) mass is 495 g/mol. The molecule has 162 valence electrons. The van der Waals surface area contributed by atoms with E-state index in [-0.39, 0.29) is 16.6 Å². The predicted molar refractivity (Wildman–Crippen MR) is 121 cm³/mol. The van der Waals surface area contributed by atoms with Gasteiger partial charge in [-0.25, -0.2) is 8.42 Å². The Hall–Kier alpha value is -2.10. The van der Waals surface area contributed by atoms with Gasteiger partial charge in [0.15, 0.2) is 0 Å². The van der Waals surface area contributed by atoms with Crippen molar-refractivity contribution in [3.05, 3.63) is 46.9 Å². The molecule has 0 aromatic heterocycles. The second-order valence-electron chi connectivity index (χ2n) is 7.19.